The van der Waals surface area contributed by atoms with E-state index in [9.17, 15) is 4.79 Å². The van der Waals surface area contributed by atoms with Gasteiger partial charge in [-0.25, -0.2) is 0 Å². The highest BCUT2D eigenvalue weighted by Gasteiger charge is 2.61. The third-order valence-corrected chi connectivity index (χ3v) is 4.99. The summed E-state index contributed by atoms with van der Waals surface area (Å²) >= 11 is 0. The molecule has 0 aliphatic heterocycles. The van der Waals surface area contributed by atoms with Crippen LogP contribution in [0, 0.1) is 17.3 Å². The lowest BCUT2D eigenvalue weighted by molar-refractivity contribution is -0.147. The average Bonchev–Trinajstić information content (AvgIpc) is 2.90. The van der Waals surface area contributed by atoms with Crippen molar-refractivity contribution in [2.75, 3.05) is 0 Å². The summed E-state index contributed by atoms with van der Waals surface area (Å²) in [5, 5.41) is 0. The number of rotatable bonds is 6. The van der Waals surface area contributed by atoms with Gasteiger partial charge in [0, 0.05) is 12.0 Å². The molecule has 3 heteroatoms. The van der Waals surface area contributed by atoms with Crippen LogP contribution in [-0.4, -0.2) is 5.97 Å². The van der Waals surface area contributed by atoms with Gasteiger partial charge in [-0.1, -0.05) is 55.8 Å². The number of benzene rings is 1. The number of carbonyl (C=O) groups excluding carboxylic acids is 1. The number of furan rings is 1. The Morgan fingerprint density at radius 2 is 1.92 bits per heavy atom. The van der Waals surface area contributed by atoms with Crippen molar-refractivity contribution < 1.29 is 13.9 Å². The molecule has 132 valence electrons. The van der Waals surface area contributed by atoms with Gasteiger partial charge >= 0.3 is 5.97 Å². The van der Waals surface area contributed by atoms with Crippen LogP contribution in [0.1, 0.15) is 44.6 Å². The number of hydrogen-bond donors (Lipinski definition) is 0. The molecule has 1 saturated carbocycles. The predicted octanol–water partition coefficient (Wildman–Crippen LogP) is 5.15. The van der Waals surface area contributed by atoms with Gasteiger partial charge < -0.3 is 9.15 Å². The highest BCUT2D eigenvalue weighted by atomic mass is 16.5. The Labute approximate surface area is 149 Å². The van der Waals surface area contributed by atoms with Crippen molar-refractivity contribution in [3.8, 4) is 0 Å². The smallest absolute Gasteiger partial charge is 0.310 e. The maximum atomic E-state index is 12.4. The highest BCUT2D eigenvalue weighted by Crippen LogP contribution is 2.59. The molecule has 1 aromatic carbocycles. The zero-order valence-corrected chi connectivity index (χ0v) is 15.4. The first kappa shape index (κ1) is 17.5. The van der Waals surface area contributed by atoms with Crippen LogP contribution in [0.2, 0.25) is 0 Å². The molecule has 1 aliphatic rings. The van der Waals surface area contributed by atoms with E-state index in [0.717, 1.165) is 17.7 Å². The normalized spacial score (nSPS) is 20.8. The Morgan fingerprint density at radius 1 is 1.20 bits per heavy atom. The largest absolute Gasteiger partial charge is 0.469 e. The summed E-state index contributed by atoms with van der Waals surface area (Å²) in [6.07, 6.45) is 4.60. The van der Waals surface area contributed by atoms with Crippen molar-refractivity contribution in [3.05, 3.63) is 71.2 Å². The van der Waals surface area contributed by atoms with E-state index in [1.54, 1.807) is 6.26 Å². The van der Waals surface area contributed by atoms with Gasteiger partial charge in [-0.15, -0.1) is 0 Å². The summed E-state index contributed by atoms with van der Waals surface area (Å²) in [6, 6.07) is 12.1. The second-order valence-corrected chi connectivity index (χ2v) is 7.76. The van der Waals surface area contributed by atoms with E-state index in [4.69, 9.17) is 9.15 Å². The molecule has 0 unspecified atom stereocenters. The Hall–Kier alpha value is -2.29. The van der Waals surface area contributed by atoms with Crippen LogP contribution in [0.15, 0.2) is 58.7 Å². The molecule has 3 rings (SSSR count). The fraction of sp³-hybridized carbons (Fsp3) is 0.409. The van der Waals surface area contributed by atoms with E-state index < -0.39 is 0 Å². The van der Waals surface area contributed by atoms with Crippen molar-refractivity contribution in [2.24, 2.45) is 17.3 Å². The van der Waals surface area contributed by atoms with Gasteiger partial charge in [-0.05, 0) is 36.8 Å². The van der Waals surface area contributed by atoms with Crippen LogP contribution in [0.3, 0.4) is 0 Å². The van der Waals surface area contributed by atoms with Crippen molar-refractivity contribution in [3.63, 3.8) is 0 Å². The summed E-state index contributed by atoms with van der Waals surface area (Å²) in [5.41, 5.74) is 3.33. The van der Waals surface area contributed by atoms with Gasteiger partial charge in [-0.2, -0.15) is 0 Å². The third kappa shape index (κ3) is 4.04. The lowest BCUT2D eigenvalue weighted by Crippen LogP contribution is -2.10. The molecule has 25 heavy (non-hydrogen) atoms. The summed E-state index contributed by atoms with van der Waals surface area (Å²) in [7, 11) is 0. The minimum absolute atomic E-state index is 0.0107. The molecule has 0 spiro atoms. The van der Waals surface area contributed by atoms with E-state index >= 15 is 0 Å². The molecule has 1 aromatic heterocycles. The number of ether oxygens (including phenoxy) is 1. The van der Waals surface area contributed by atoms with Gasteiger partial charge in [0.25, 0.3) is 0 Å². The molecule has 0 radical (unpaired) electrons. The molecule has 1 fully saturated rings. The number of esters is 1. The van der Waals surface area contributed by atoms with Crippen LogP contribution in [0.5, 0.6) is 0 Å². The second kappa shape index (κ2) is 6.91. The fourth-order valence-electron chi connectivity index (χ4n) is 3.43. The minimum Gasteiger partial charge on any atom is -0.469 e. The molecule has 0 saturated heterocycles. The van der Waals surface area contributed by atoms with E-state index in [1.165, 1.54) is 11.1 Å². The van der Waals surface area contributed by atoms with Crippen LogP contribution in [0.4, 0.5) is 0 Å². The van der Waals surface area contributed by atoms with Crippen LogP contribution >= 0.6 is 0 Å². The molecule has 2 aromatic rings. The fourth-order valence-corrected chi connectivity index (χ4v) is 3.43. The minimum atomic E-state index is -0.113. The van der Waals surface area contributed by atoms with Crippen LogP contribution in [-0.2, 0) is 22.6 Å². The lowest BCUT2D eigenvalue weighted by Gasteiger charge is -2.03. The summed E-state index contributed by atoms with van der Waals surface area (Å²) in [4.78, 5) is 12.4. The number of allylic oxidation sites excluding steroid dienone is 2. The molecule has 0 N–H and O–H groups in total. The summed E-state index contributed by atoms with van der Waals surface area (Å²) in [5.74, 6) is 1.01. The first-order valence-corrected chi connectivity index (χ1v) is 8.80. The summed E-state index contributed by atoms with van der Waals surface area (Å²) < 4.78 is 11.1. The molecular formula is C22H26O3. The molecular weight excluding hydrogens is 312 g/mol. The van der Waals surface area contributed by atoms with Gasteiger partial charge in [0.1, 0.15) is 12.4 Å². The number of hydrogen-bond acceptors (Lipinski definition) is 3. The Kier molecular flexibility index (Phi) is 4.85. The first-order valence-electron chi connectivity index (χ1n) is 8.80. The average molecular weight is 338 g/mol. The number of carbonyl (C=O) groups is 1. The molecule has 1 heterocycles. The lowest BCUT2D eigenvalue weighted by atomic mass is 10.1. The molecule has 1 aliphatic carbocycles. The Morgan fingerprint density at radius 3 is 2.60 bits per heavy atom. The van der Waals surface area contributed by atoms with E-state index in [-0.39, 0.29) is 29.8 Å². The van der Waals surface area contributed by atoms with E-state index in [1.807, 2.05) is 24.3 Å². The predicted molar refractivity (Wildman–Crippen MR) is 97.9 cm³/mol. The second-order valence-electron chi connectivity index (χ2n) is 7.76. The van der Waals surface area contributed by atoms with E-state index in [0.29, 0.717) is 0 Å². The van der Waals surface area contributed by atoms with Crippen molar-refractivity contribution >= 4 is 5.97 Å². The summed E-state index contributed by atoms with van der Waals surface area (Å²) in [6.45, 7) is 8.65. The molecule has 3 nitrogen and oxygen atoms in total. The molecule has 0 bridgehead atoms. The van der Waals surface area contributed by atoms with Gasteiger partial charge in [0.05, 0.1) is 12.2 Å². The topological polar surface area (TPSA) is 39.4 Å². The molecule has 2 atom stereocenters. The Balaban J connectivity index is 1.54. The zero-order chi connectivity index (χ0) is 18.0. The van der Waals surface area contributed by atoms with Gasteiger partial charge in [-0.3, -0.25) is 4.79 Å². The van der Waals surface area contributed by atoms with Crippen molar-refractivity contribution in [1.29, 1.82) is 0 Å². The highest BCUT2D eigenvalue weighted by molar-refractivity contribution is 5.78. The van der Waals surface area contributed by atoms with Gasteiger partial charge in [0.2, 0.25) is 0 Å². The standard InChI is InChI=1S/C22H26O3/c1-15(2)10-19-20(22(19,3)4)21(23)25-14-17-12-18(24-13-17)11-16-8-6-5-7-9-16/h5-10,12-13,19-20H,11,14H2,1-4H3/t19-,20-/m0/s1. The SMILES string of the molecule is CC(C)=C[C@H]1[C@@H](C(=O)OCc2coc(Cc3ccccc3)c2)C1(C)C. The van der Waals surface area contributed by atoms with Crippen molar-refractivity contribution in [1.82, 2.24) is 0 Å². The van der Waals surface area contributed by atoms with Gasteiger partial charge in [0.15, 0.2) is 0 Å². The Bertz CT molecular complexity index is 764. The zero-order valence-electron chi connectivity index (χ0n) is 15.4. The van der Waals surface area contributed by atoms with Crippen LogP contribution in [0.25, 0.3) is 0 Å². The third-order valence-electron chi connectivity index (χ3n) is 4.99. The molecule has 0 amide bonds. The first-order chi connectivity index (χ1) is 11.9. The quantitative estimate of drug-likeness (QED) is 0.540. The maximum Gasteiger partial charge on any atom is 0.310 e. The van der Waals surface area contributed by atoms with Crippen LogP contribution < -0.4 is 0 Å². The monoisotopic (exact) mass is 338 g/mol. The van der Waals surface area contributed by atoms with E-state index in [2.05, 4.69) is 45.9 Å². The maximum absolute atomic E-state index is 12.4. The van der Waals surface area contributed by atoms with Crippen molar-refractivity contribution in [2.45, 2.75) is 40.7 Å².